The van der Waals surface area contributed by atoms with E-state index in [1.54, 1.807) is 4.90 Å². The topological polar surface area (TPSA) is 42.0 Å². The van der Waals surface area contributed by atoms with Gasteiger partial charge in [-0.1, -0.05) is 29.8 Å². The molecule has 1 amide bonds. The Kier molecular flexibility index (Phi) is 9.63. The Morgan fingerprint density at radius 3 is 2.37 bits per heavy atom. The van der Waals surface area contributed by atoms with Gasteiger partial charge in [-0.2, -0.15) is 0 Å². The molecule has 1 saturated heterocycles. The first-order chi connectivity index (χ1) is 19.9. The van der Waals surface area contributed by atoms with Crippen LogP contribution in [0.15, 0.2) is 72.3 Å². The number of rotatable bonds is 9. The molecule has 0 saturated carbocycles. The molecule has 0 aromatic heterocycles. The molecular formula is C34H38ClFN2O3. The standard InChI is InChI=1S/C34H38ClFN2O3/c1-24-7-10-27(35)23-32(24)31-17-21-38(34(39)41-30-15-11-28(36)12-16-30)33(25(31)2)26-8-13-29(14-9-26)40-22-6-5-20-37-18-3-4-19-37/h7-16,23,33H,3-6,17-22H2,1-2H3. The lowest BCUT2D eigenvalue weighted by Gasteiger charge is -2.38. The normalized spacial score (nSPS) is 17.7. The van der Waals surface area contributed by atoms with E-state index in [0.29, 0.717) is 30.3 Å². The molecule has 0 radical (unpaired) electrons. The lowest BCUT2D eigenvalue weighted by atomic mass is 9.84. The maximum absolute atomic E-state index is 13.4. The molecule has 5 nitrogen and oxygen atoms in total. The molecule has 1 atom stereocenters. The molecule has 2 aliphatic rings. The Bertz CT molecular complexity index is 1370. The number of halogens is 2. The zero-order valence-electron chi connectivity index (χ0n) is 23.9. The fraction of sp³-hybridized carbons (Fsp3) is 0.382. The van der Waals surface area contributed by atoms with E-state index in [1.807, 2.05) is 42.5 Å². The summed E-state index contributed by atoms with van der Waals surface area (Å²) >= 11 is 6.38. The summed E-state index contributed by atoms with van der Waals surface area (Å²) < 4.78 is 25.1. The first-order valence-corrected chi connectivity index (χ1v) is 14.9. The van der Waals surface area contributed by atoms with Crippen LogP contribution in [0.5, 0.6) is 11.5 Å². The van der Waals surface area contributed by atoms with E-state index >= 15 is 0 Å². The van der Waals surface area contributed by atoms with Crippen molar-refractivity contribution in [2.75, 3.05) is 32.8 Å². The summed E-state index contributed by atoms with van der Waals surface area (Å²) in [5, 5.41) is 0.683. The summed E-state index contributed by atoms with van der Waals surface area (Å²) in [5.41, 5.74) is 5.45. The van der Waals surface area contributed by atoms with Crippen molar-refractivity contribution in [3.05, 3.63) is 99.8 Å². The van der Waals surface area contributed by atoms with Gasteiger partial charge in [0.2, 0.25) is 0 Å². The van der Waals surface area contributed by atoms with Gasteiger partial charge in [0.05, 0.1) is 12.6 Å². The van der Waals surface area contributed by atoms with E-state index in [2.05, 4.69) is 18.7 Å². The molecule has 2 aliphatic heterocycles. The molecule has 0 bridgehead atoms. The van der Waals surface area contributed by atoms with Gasteiger partial charge in [-0.15, -0.1) is 0 Å². The van der Waals surface area contributed by atoms with Crippen LogP contribution in [0.1, 0.15) is 61.8 Å². The Labute approximate surface area is 247 Å². The number of hydrogen-bond donors (Lipinski definition) is 0. The van der Waals surface area contributed by atoms with Crippen molar-refractivity contribution in [1.82, 2.24) is 9.80 Å². The summed E-state index contributed by atoms with van der Waals surface area (Å²) in [5.74, 6) is 0.746. The van der Waals surface area contributed by atoms with Gasteiger partial charge in [0, 0.05) is 11.6 Å². The average molecular weight is 577 g/mol. The molecule has 7 heteroatoms. The van der Waals surface area contributed by atoms with Crippen LogP contribution in [0.25, 0.3) is 5.57 Å². The smallest absolute Gasteiger partial charge is 0.416 e. The van der Waals surface area contributed by atoms with Gasteiger partial charge in [-0.3, -0.25) is 4.90 Å². The Morgan fingerprint density at radius 2 is 1.63 bits per heavy atom. The number of aryl methyl sites for hydroxylation is 1. The Balaban J connectivity index is 1.34. The summed E-state index contributed by atoms with van der Waals surface area (Å²) in [6, 6.07) is 19.1. The largest absolute Gasteiger partial charge is 0.494 e. The van der Waals surface area contributed by atoms with Crippen molar-refractivity contribution in [1.29, 1.82) is 0 Å². The maximum Gasteiger partial charge on any atom is 0.416 e. The van der Waals surface area contributed by atoms with Crippen molar-refractivity contribution in [2.24, 2.45) is 0 Å². The van der Waals surface area contributed by atoms with Crippen molar-refractivity contribution < 1.29 is 18.7 Å². The quantitative estimate of drug-likeness (QED) is 0.240. The molecule has 0 aliphatic carbocycles. The fourth-order valence-corrected chi connectivity index (χ4v) is 6.06. The molecule has 0 spiro atoms. The van der Waals surface area contributed by atoms with Gasteiger partial charge in [-0.25, -0.2) is 9.18 Å². The third-order valence-electron chi connectivity index (χ3n) is 8.11. The predicted octanol–water partition coefficient (Wildman–Crippen LogP) is 8.46. The first kappa shape index (κ1) is 29.2. The van der Waals surface area contributed by atoms with E-state index in [9.17, 15) is 9.18 Å². The van der Waals surface area contributed by atoms with Gasteiger partial charge in [0.25, 0.3) is 0 Å². The average Bonchev–Trinajstić information content (AvgIpc) is 3.49. The predicted molar refractivity (Wildman–Crippen MR) is 162 cm³/mol. The summed E-state index contributed by atoms with van der Waals surface area (Å²) in [7, 11) is 0. The van der Waals surface area contributed by atoms with Crippen LogP contribution < -0.4 is 9.47 Å². The van der Waals surface area contributed by atoms with Crippen LogP contribution >= 0.6 is 11.6 Å². The molecule has 0 N–H and O–H groups in total. The maximum atomic E-state index is 13.4. The van der Waals surface area contributed by atoms with Gasteiger partial charge in [0.1, 0.15) is 17.3 Å². The molecule has 5 rings (SSSR count). The number of amides is 1. The molecular weight excluding hydrogens is 539 g/mol. The van der Waals surface area contributed by atoms with E-state index in [4.69, 9.17) is 21.1 Å². The van der Waals surface area contributed by atoms with Crippen molar-refractivity contribution in [3.8, 4) is 11.5 Å². The molecule has 3 aromatic carbocycles. The second kappa shape index (κ2) is 13.5. The first-order valence-electron chi connectivity index (χ1n) is 14.5. The van der Waals surface area contributed by atoms with Crippen molar-refractivity contribution in [3.63, 3.8) is 0 Å². The van der Waals surface area contributed by atoms with Crippen molar-refractivity contribution >= 4 is 23.3 Å². The molecule has 3 aromatic rings. The van der Waals surface area contributed by atoms with E-state index in [0.717, 1.165) is 47.4 Å². The number of hydrogen-bond acceptors (Lipinski definition) is 4. The number of unbranched alkanes of at least 4 members (excludes halogenated alkanes) is 1. The highest BCUT2D eigenvalue weighted by atomic mass is 35.5. The molecule has 41 heavy (non-hydrogen) atoms. The van der Waals surface area contributed by atoms with Gasteiger partial charge >= 0.3 is 6.09 Å². The molecule has 1 fully saturated rings. The number of nitrogens with zero attached hydrogens (tertiary/aromatic N) is 2. The molecule has 2 heterocycles. The van der Waals surface area contributed by atoms with Gasteiger partial charge in [-0.05, 0) is 142 Å². The Hall–Kier alpha value is -3.35. The summed E-state index contributed by atoms with van der Waals surface area (Å²) in [4.78, 5) is 17.7. The minimum Gasteiger partial charge on any atom is -0.494 e. The number of carbonyl (C=O) groups excluding carboxylic acids is 1. The summed E-state index contributed by atoms with van der Waals surface area (Å²) in [6.45, 7) is 8.90. The highest BCUT2D eigenvalue weighted by molar-refractivity contribution is 6.30. The lowest BCUT2D eigenvalue weighted by molar-refractivity contribution is 0.137. The minimum absolute atomic E-state index is 0.307. The number of carbonyl (C=O) groups is 1. The zero-order valence-corrected chi connectivity index (χ0v) is 24.6. The second-order valence-electron chi connectivity index (χ2n) is 11.0. The number of ether oxygens (including phenoxy) is 2. The van der Waals surface area contributed by atoms with Crippen LogP contribution in [-0.2, 0) is 0 Å². The zero-order chi connectivity index (χ0) is 28.8. The van der Waals surface area contributed by atoms with Gasteiger partial charge < -0.3 is 14.4 Å². The molecule has 1 unspecified atom stereocenters. The SMILES string of the molecule is CC1=C(c2cc(Cl)ccc2C)CCN(C(=O)Oc2ccc(F)cc2)C1c1ccc(OCCCCN2CCCC2)cc1. The lowest BCUT2D eigenvalue weighted by Crippen LogP contribution is -2.41. The van der Waals surface area contributed by atoms with Crippen LogP contribution in [0.4, 0.5) is 9.18 Å². The second-order valence-corrected chi connectivity index (χ2v) is 11.4. The van der Waals surface area contributed by atoms with Crippen LogP contribution in [0.3, 0.4) is 0 Å². The Morgan fingerprint density at radius 1 is 0.927 bits per heavy atom. The van der Waals surface area contributed by atoms with Crippen LogP contribution in [0, 0.1) is 12.7 Å². The van der Waals surface area contributed by atoms with E-state index in [1.165, 1.54) is 55.8 Å². The molecule has 216 valence electrons. The third kappa shape index (κ3) is 7.30. The fourth-order valence-electron chi connectivity index (χ4n) is 5.89. The highest BCUT2D eigenvalue weighted by Gasteiger charge is 2.34. The van der Waals surface area contributed by atoms with Crippen LogP contribution in [-0.4, -0.2) is 48.7 Å². The highest BCUT2D eigenvalue weighted by Crippen LogP contribution is 2.41. The summed E-state index contributed by atoms with van der Waals surface area (Å²) in [6.07, 6.45) is 5.00. The van der Waals surface area contributed by atoms with Gasteiger partial charge in [0.15, 0.2) is 0 Å². The van der Waals surface area contributed by atoms with E-state index < -0.39 is 6.09 Å². The van der Waals surface area contributed by atoms with Crippen molar-refractivity contribution in [2.45, 2.75) is 52.0 Å². The minimum atomic E-state index is -0.471. The monoisotopic (exact) mass is 576 g/mol. The van der Waals surface area contributed by atoms with Crippen LogP contribution in [0.2, 0.25) is 5.02 Å². The number of benzene rings is 3. The van der Waals surface area contributed by atoms with E-state index in [-0.39, 0.29) is 11.9 Å². The number of likely N-dealkylation sites (tertiary alicyclic amines) is 1. The third-order valence-corrected chi connectivity index (χ3v) is 8.35.